The molecule has 0 unspecified atom stereocenters. The third-order valence-electron chi connectivity index (χ3n) is 3.96. The number of esters is 1. The average molecular weight is 385 g/mol. The number of ether oxygens (including phenoxy) is 3. The van der Waals surface area contributed by atoms with Crippen LogP contribution in [0.15, 0.2) is 48.5 Å². The second-order valence-electron chi connectivity index (χ2n) is 6.47. The average Bonchev–Trinajstić information content (AvgIpc) is 2.70. The van der Waals surface area contributed by atoms with Gasteiger partial charge in [0.25, 0.3) is 5.91 Å². The summed E-state index contributed by atoms with van der Waals surface area (Å²) in [6.45, 7) is 7.10. The zero-order chi connectivity index (χ0) is 20.4. The van der Waals surface area contributed by atoms with Crippen LogP contribution in [0, 0.1) is 0 Å². The molecule has 6 nitrogen and oxygen atoms in total. The molecule has 0 saturated heterocycles. The van der Waals surface area contributed by atoms with Crippen molar-refractivity contribution in [2.45, 2.75) is 26.7 Å². The van der Waals surface area contributed by atoms with Gasteiger partial charge in [-0.1, -0.05) is 32.0 Å². The van der Waals surface area contributed by atoms with Crippen LogP contribution in [0.4, 0.5) is 5.69 Å². The number of hydrogen-bond acceptors (Lipinski definition) is 5. The lowest BCUT2D eigenvalue weighted by Gasteiger charge is -2.10. The van der Waals surface area contributed by atoms with Crippen molar-refractivity contribution < 1.29 is 23.8 Å². The third kappa shape index (κ3) is 7.04. The number of amides is 1. The monoisotopic (exact) mass is 385 g/mol. The van der Waals surface area contributed by atoms with Crippen LogP contribution < -0.4 is 10.1 Å². The molecule has 2 rings (SSSR count). The van der Waals surface area contributed by atoms with Gasteiger partial charge in [0.1, 0.15) is 12.4 Å². The van der Waals surface area contributed by atoms with Crippen molar-refractivity contribution in [2.75, 3.05) is 31.7 Å². The highest BCUT2D eigenvalue weighted by Gasteiger charge is 2.10. The van der Waals surface area contributed by atoms with E-state index in [-0.39, 0.29) is 19.1 Å². The molecule has 0 atom stereocenters. The molecule has 0 fully saturated rings. The summed E-state index contributed by atoms with van der Waals surface area (Å²) in [5.74, 6) is 0.300. The third-order valence-corrected chi connectivity index (χ3v) is 3.96. The van der Waals surface area contributed by atoms with Crippen molar-refractivity contribution in [3.8, 4) is 5.75 Å². The van der Waals surface area contributed by atoms with Gasteiger partial charge in [0.15, 0.2) is 6.61 Å². The maximum absolute atomic E-state index is 12.1. The van der Waals surface area contributed by atoms with E-state index in [4.69, 9.17) is 14.2 Å². The molecule has 0 bridgehead atoms. The van der Waals surface area contributed by atoms with Crippen LogP contribution in [-0.4, -0.2) is 38.3 Å². The maximum Gasteiger partial charge on any atom is 0.338 e. The molecule has 0 spiro atoms. The van der Waals surface area contributed by atoms with Gasteiger partial charge in [-0.15, -0.1) is 0 Å². The highest BCUT2D eigenvalue weighted by molar-refractivity contribution is 5.95. The molecule has 0 aromatic heterocycles. The van der Waals surface area contributed by atoms with Gasteiger partial charge in [-0.2, -0.15) is 0 Å². The fraction of sp³-hybridized carbons (Fsp3) is 0.364. The van der Waals surface area contributed by atoms with Gasteiger partial charge in [0.2, 0.25) is 0 Å². The number of rotatable bonds is 10. The van der Waals surface area contributed by atoms with Crippen molar-refractivity contribution in [3.05, 3.63) is 59.7 Å². The Bertz CT molecular complexity index is 771. The summed E-state index contributed by atoms with van der Waals surface area (Å²) in [5, 5.41) is 2.72. The Balaban J connectivity index is 1.83. The molecule has 2 aromatic rings. The van der Waals surface area contributed by atoms with Crippen LogP contribution in [-0.2, 0) is 14.3 Å². The molecule has 0 saturated carbocycles. The summed E-state index contributed by atoms with van der Waals surface area (Å²) in [4.78, 5) is 24.1. The van der Waals surface area contributed by atoms with E-state index in [0.29, 0.717) is 36.1 Å². The van der Waals surface area contributed by atoms with E-state index in [1.807, 2.05) is 31.2 Å². The van der Waals surface area contributed by atoms with E-state index in [0.717, 1.165) is 0 Å². The highest BCUT2D eigenvalue weighted by Crippen LogP contribution is 2.18. The van der Waals surface area contributed by atoms with Crippen LogP contribution in [0.2, 0.25) is 0 Å². The van der Waals surface area contributed by atoms with Gasteiger partial charge in [-0.3, -0.25) is 4.79 Å². The molecule has 0 aliphatic heterocycles. The van der Waals surface area contributed by atoms with E-state index in [1.54, 1.807) is 24.3 Å². The number of nitrogens with one attached hydrogen (secondary N) is 1. The number of anilines is 1. The Morgan fingerprint density at radius 3 is 2.46 bits per heavy atom. The molecule has 28 heavy (non-hydrogen) atoms. The van der Waals surface area contributed by atoms with Crippen LogP contribution in [0.1, 0.15) is 42.6 Å². The fourth-order valence-corrected chi connectivity index (χ4v) is 2.44. The molecule has 0 radical (unpaired) electrons. The van der Waals surface area contributed by atoms with Crippen LogP contribution in [0.3, 0.4) is 0 Å². The highest BCUT2D eigenvalue weighted by atomic mass is 16.6. The SMILES string of the molecule is CCOCCOC(=O)c1cccc(NC(=O)COc2ccc(C(C)C)cc2)c1. The van der Waals surface area contributed by atoms with Crippen molar-refractivity contribution in [3.63, 3.8) is 0 Å². The first-order valence-corrected chi connectivity index (χ1v) is 9.37. The fourth-order valence-electron chi connectivity index (χ4n) is 2.44. The van der Waals surface area contributed by atoms with E-state index < -0.39 is 5.97 Å². The van der Waals surface area contributed by atoms with Crippen LogP contribution in [0.5, 0.6) is 5.75 Å². The minimum atomic E-state index is -0.461. The topological polar surface area (TPSA) is 73.9 Å². The second-order valence-corrected chi connectivity index (χ2v) is 6.47. The van der Waals surface area contributed by atoms with Gasteiger partial charge >= 0.3 is 5.97 Å². The normalized spacial score (nSPS) is 10.6. The molecule has 0 aliphatic rings. The summed E-state index contributed by atoms with van der Waals surface area (Å²) < 4.78 is 15.8. The van der Waals surface area contributed by atoms with Gasteiger partial charge in [-0.25, -0.2) is 4.79 Å². The summed E-state index contributed by atoms with van der Waals surface area (Å²) in [6, 6.07) is 14.2. The van der Waals surface area contributed by atoms with E-state index in [2.05, 4.69) is 19.2 Å². The van der Waals surface area contributed by atoms with Crippen LogP contribution in [0.25, 0.3) is 0 Å². The molecule has 0 heterocycles. The van der Waals surface area contributed by atoms with Crippen molar-refractivity contribution in [1.82, 2.24) is 0 Å². The predicted octanol–water partition coefficient (Wildman–Crippen LogP) is 4.02. The number of carbonyl (C=O) groups excluding carboxylic acids is 2. The molecule has 2 aromatic carbocycles. The number of hydrogen-bond donors (Lipinski definition) is 1. The minimum Gasteiger partial charge on any atom is -0.484 e. The lowest BCUT2D eigenvalue weighted by atomic mass is 10.0. The molecule has 6 heteroatoms. The van der Waals surface area contributed by atoms with Gasteiger partial charge in [0.05, 0.1) is 12.2 Å². The lowest BCUT2D eigenvalue weighted by molar-refractivity contribution is -0.118. The predicted molar refractivity (Wildman–Crippen MR) is 108 cm³/mol. The zero-order valence-corrected chi connectivity index (χ0v) is 16.6. The number of carbonyl (C=O) groups is 2. The van der Waals surface area contributed by atoms with Crippen molar-refractivity contribution >= 4 is 17.6 Å². The van der Waals surface area contributed by atoms with Gasteiger partial charge < -0.3 is 19.5 Å². The Hall–Kier alpha value is -2.86. The van der Waals surface area contributed by atoms with Crippen molar-refractivity contribution in [2.24, 2.45) is 0 Å². The standard InChI is InChI=1S/C22H27NO5/c1-4-26-12-13-27-22(25)18-6-5-7-19(14-18)23-21(24)15-28-20-10-8-17(9-11-20)16(2)3/h5-11,14,16H,4,12-13,15H2,1-3H3,(H,23,24). The lowest BCUT2D eigenvalue weighted by Crippen LogP contribution is -2.20. The summed E-state index contributed by atoms with van der Waals surface area (Å²) in [6.07, 6.45) is 0. The first-order chi connectivity index (χ1) is 13.5. The maximum atomic E-state index is 12.1. The Kier molecular flexibility index (Phi) is 8.49. The first-order valence-electron chi connectivity index (χ1n) is 9.37. The van der Waals surface area contributed by atoms with Gasteiger partial charge in [-0.05, 0) is 48.7 Å². The zero-order valence-electron chi connectivity index (χ0n) is 16.6. The summed E-state index contributed by atoms with van der Waals surface area (Å²) >= 11 is 0. The van der Waals surface area contributed by atoms with Gasteiger partial charge in [0, 0.05) is 12.3 Å². The first kappa shape index (κ1) is 21.4. The quantitative estimate of drug-likeness (QED) is 0.494. The minimum absolute atomic E-state index is 0.121. The summed E-state index contributed by atoms with van der Waals surface area (Å²) in [7, 11) is 0. The smallest absolute Gasteiger partial charge is 0.338 e. The Morgan fingerprint density at radius 1 is 1.04 bits per heavy atom. The molecule has 150 valence electrons. The molecular weight excluding hydrogens is 358 g/mol. The van der Waals surface area contributed by atoms with Crippen LogP contribution >= 0.6 is 0 Å². The van der Waals surface area contributed by atoms with E-state index in [1.165, 1.54) is 5.56 Å². The molecule has 0 aliphatic carbocycles. The van der Waals surface area contributed by atoms with E-state index in [9.17, 15) is 9.59 Å². The summed E-state index contributed by atoms with van der Waals surface area (Å²) in [5.41, 5.74) is 2.07. The molecular formula is C22H27NO5. The number of benzene rings is 2. The molecule has 1 amide bonds. The molecule has 1 N–H and O–H groups in total. The largest absolute Gasteiger partial charge is 0.484 e. The Morgan fingerprint density at radius 2 is 1.79 bits per heavy atom. The Labute approximate surface area is 165 Å². The van der Waals surface area contributed by atoms with Crippen molar-refractivity contribution in [1.29, 1.82) is 0 Å². The second kappa shape index (κ2) is 11.1. The van der Waals surface area contributed by atoms with E-state index >= 15 is 0 Å².